The lowest BCUT2D eigenvalue weighted by atomic mass is 10.3. The standard InChI is InChI=1S/C8H5Cl2F3N4O/c9-6-4-3(14-7(10)15-6)5(8(11,12)13)16-17(4)1-2-18/h18H,1-2H2. The quantitative estimate of drug-likeness (QED) is 0.682. The van der Waals surface area contributed by atoms with E-state index in [0.29, 0.717) is 0 Å². The Hall–Kier alpha value is -1.12. The number of alkyl halides is 3. The van der Waals surface area contributed by atoms with Crippen molar-refractivity contribution in [3.05, 3.63) is 16.1 Å². The Morgan fingerprint density at radius 3 is 2.44 bits per heavy atom. The fourth-order valence-electron chi connectivity index (χ4n) is 1.46. The minimum Gasteiger partial charge on any atom is -0.394 e. The molecule has 0 amide bonds. The molecule has 0 atom stereocenters. The number of rotatable bonds is 2. The van der Waals surface area contributed by atoms with Gasteiger partial charge in [0.25, 0.3) is 0 Å². The van der Waals surface area contributed by atoms with E-state index < -0.39 is 29.3 Å². The molecule has 2 aromatic heterocycles. The first-order chi connectivity index (χ1) is 8.34. The molecular weight excluding hydrogens is 296 g/mol. The summed E-state index contributed by atoms with van der Waals surface area (Å²) in [7, 11) is 0. The molecule has 0 fully saturated rings. The highest BCUT2D eigenvalue weighted by molar-refractivity contribution is 6.35. The number of aliphatic hydroxyl groups excluding tert-OH is 1. The van der Waals surface area contributed by atoms with E-state index in [2.05, 4.69) is 15.1 Å². The number of hydrogen-bond donors (Lipinski definition) is 1. The van der Waals surface area contributed by atoms with Crippen molar-refractivity contribution in [3.63, 3.8) is 0 Å². The summed E-state index contributed by atoms with van der Waals surface area (Å²) in [5.41, 5.74) is -1.81. The molecule has 0 aromatic carbocycles. The maximum Gasteiger partial charge on any atom is 0.437 e. The van der Waals surface area contributed by atoms with Gasteiger partial charge in [0.2, 0.25) is 5.28 Å². The molecule has 2 heterocycles. The Balaban J connectivity index is 2.81. The summed E-state index contributed by atoms with van der Waals surface area (Å²) in [6.07, 6.45) is -4.69. The van der Waals surface area contributed by atoms with Gasteiger partial charge < -0.3 is 5.11 Å². The zero-order valence-corrected chi connectivity index (χ0v) is 10.1. The topological polar surface area (TPSA) is 63.8 Å². The van der Waals surface area contributed by atoms with Crippen molar-refractivity contribution in [2.24, 2.45) is 0 Å². The second kappa shape index (κ2) is 4.52. The van der Waals surface area contributed by atoms with Gasteiger partial charge in [-0.25, -0.2) is 9.97 Å². The van der Waals surface area contributed by atoms with Gasteiger partial charge >= 0.3 is 6.18 Å². The highest BCUT2D eigenvalue weighted by Gasteiger charge is 2.38. The molecule has 0 saturated carbocycles. The Labute approximate surface area is 108 Å². The lowest BCUT2D eigenvalue weighted by molar-refractivity contribution is -0.140. The van der Waals surface area contributed by atoms with Crippen LogP contribution in [0.1, 0.15) is 5.69 Å². The van der Waals surface area contributed by atoms with Gasteiger partial charge in [-0.05, 0) is 11.6 Å². The molecule has 0 aliphatic carbocycles. The second-order valence-corrected chi connectivity index (χ2v) is 3.97. The summed E-state index contributed by atoms with van der Waals surface area (Å²) in [5.74, 6) is 0. The summed E-state index contributed by atoms with van der Waals surface area (Å²) in [5, 5.41) is 11.5. The largest absolute Gasteiger partial charge is 0.437 e. The Morgan fingerprint density at radius 2 is 1.89 bits per heavy atom. The van der Waals surface area contributed by atoms with Crippen LogP contribution in [0.15, 0.2) is 0 Å². The Bertz CT molecular complexity index is 598. The number of hydrogen-bond acceptors (Lipinski definition) is 4. The van der Waals surface area contributed by atoms with E-state index >= 15 is 0 Å². The highest BCUT2D eigenvalue weighted by atomic mass is 35.5. The van der Waals surface area contributed by atoms with E-state index in [1.807, 2.05) is 0 Å². The molecule has 1 N–H and O–H groups in total. The van der Waals surface area contributed by atoms with Crippen LogP contribution in [0.2, 0.25) is 10.4 Å². The molecule has 2 aromatic rings. The molecule has 2 rings (SSSR count). The van der Waals surface area contributed by atoms with Gasteiger partial charge in [0.1, 0.15) is 11.0 Å². The third-order valence-electron chi connectivity index (χ3n) is 2.10. The zero-order valence-electron chi connectivity index (χ0n) is 8.54. The van der Waals surface area contributed by atoms with Crippen LogP contribution in [0.5, 0.6) is 0 Å². The first kappa shape index (κ1) is 13.3. The monoisotopic (exact) mass is 300 g/mol. The summed E-state index contributed by atoms with van der Waals surface area (Å²) in [4.78, 5) is 7.04. The summed E-state index contributed by atoms with van der Waals surface area (Å²) < 4.78 is 39.1. The van der Waals surface area contributed by atoms with Crippen LogP contribution < -0.4 is 0 Å². The van der Waals surface area contributed by atoms with Crippen molar-refractivity contribution in [3.8, 4) is 0 Å². The van der Waals surface area contributed by atoms with Crippen LogP contribution >= 0.6 is 23.2 Å². The van der Waals surface area contributed by atoms with Crippen molar-refractivity contribution in [2.75, 3.05) is 6.61 Å². The van der Waals surface area contributed by atoms with Gasteiger partial charge in [-0.15, -0.1) is 0 Å². The molecule has 10 heteroatoms. The number of aromatic nitrogens is 4. The van der Waals surface area contributed by atoms with Crippen LogP contribution in [0.4, 0.5) is 13.2 Å². The van der Waals surface area contributed by atoms with E-state index in [-0.39, 0.29) is 17.2 Å². The third-order valence-corrected chi connectivity index (χ3v) is 2.53. The van der Waals surface area contributed by atoms with Gasteiger partial charge in [-0.2, -0.15) is 18.3 Å². The minimum absolute atomic E-state index is 0.109. The van der Waals surface area contributed by atoms with E-state index in [1.54, 1.807) is 0 Å². The van der Waals surface area contributed by atoms with Crippen LogP contribution in [0.25, 0.3) is 11.0 Å². The average molecular weight is 301 g/mol. The molecule has 98 valence electrons. The molecule has 0 radical (unpaired) electrons. The van der Waals surface area contributed by atoms with Gasteiger partial charge in [0.15, 0.2) is 10.8 Å². The Morgan fingerprint density at radius 1 is 1.22 bits per heavy atom. The first-order valence-corrected chi connectivity index (χ1v) is 5.37. The third kappa shape index (κ3) is 2.23. The lowest BCUT2D eigenvalue weighted by Crippen LogP contribution is -2.09. The van der Waals surface area contributed by atoms with Gasteiger partial charge in [0.05, 0.1) is 13.2 Å². The number of nitrogens with zero attached hydrogens (tertiary/aromatic N) is 4. The van der Waals surface area contributed by atoms with Crippen LogP contribution in [0, 0.1) is 0 Å². The van der Waals surface area contributed by atoms with E-state index in [0.717, 1.165) is 4.68 Å². The first-order valence-electron chi connectivity index (χ1n) is 4.62. The van der Waals surface area contributed by atoms with Crippen molar-refractivity contribution < 1.29 is 18.3 Å². The molecular formula is C8H5Cl2F3N4O. The van der Waals surface area contributed by atoms with Crippen molar-refractivity contribution in [1.82, 2.24) is 19.7 Å². The summed E-state index contributed by atoms with van der Waals surface area (Å²) >= 11 is 11.2. The molecule has 0 aliphatic rings. The summed E-state index contributed by atoms with van der Waals surface area (Å²) in [6, 6.07) is 0. The van der Waals surface area contributed by atoms with Crippen molar-refractivity contribution in [2.45, 2.75) is 12.7 Å². The SMILES string of the molecule is OCCn1nc(C(F)(F)F)c2nc(Cl)nc(Cl)c21. The molecule has 0 spiro atoms. The molecule has 0 bridgehead atoms. The lowest BCUT2D eigenvalue weighted by Gasteiger charge is -2.01. The minimum atomic E-state index is -4.69. The summed E-state index contributed by atoms with van der Waals surface area (Å²) in [6.45, 7) is -0.551. The number of halogens is 5. The van der Waals surface area contributed by atoms with Crippen molar-refractivity contribution >= 4 is 34.2 Å². The van der Waals surface area contributed by atoms with Gasteiger partial charge in [0, 0.05) is 0 Å². The molecule has 0 saturated heterocycles. The fourth-order valence-corrected chi connectivity index (χ4v) is 1.94. The van der Waals surface area contributed by atoms with Gasteiger partial charge in [-0.1, -0.05) is 11.6 Å². The second-order valence-electron chi connectivity index (χ2n) is 3.27. The van der Waals surface area contributed by atoms with Crippen molar-refractivity contribution in [1.29, 1.82) is 0 Å². The van der Waals surface area contributed by atoms with Crippen LogP contribution in [0.3, 0.4) is 0 Å². The van der Waals surface area contributed by atoms with E-state index in [9.17, 15) is 13.2 Å². The normalized spacial score (nSPS) is 12.3. The molecule has 0 unspecified atom stereocenters. The molecule has 18 heavy (non-hydrogen) atoms. The van der Waals surface area contributed by atoms with Gasteiger partial charge in [-0.3, -0.25) is 4.68 Å². The molecule has 5 nitrogen and oxygen atoms in total. The predicted molar refractivity (Wildman–Crippen MR) is 57.4 cm³/mol. The smallest absolute Gasteiger partial charge is 0.394 e. The average Bonchev–Trinajstić information content (AvgIpc) is 2.57. The number of fused-ring (bicyclic) bond motifs is 1. The molecule has 0 aliphatic heterocycles. The zero-order chi connectivity index (χ0) is 13.5. The fraction of sp³-hybridized carbons (Fsp3) is 0.375. The van der Waals surface area contributed by atoms with Crippen LogP contribution in [-0.4, -0.2) is 31.5 Å². The highest BCUT2D eigenvalue weighted by Crippen LogP contribution is 2.35. The maximum atomic E-state index is 12.7. The van der Waals surface area contributed by atoms with Crippen LogP contribution in [-0.2, 0) is 12.7 Å². The number of aliphatic hydroxyl groups is 1. The van der Waals surface area contributed by atoms with E-state index in [4.69, 9.17) is 28.3 Å². The maximum absolute atomic E-state index is 12.7. The predicted octanol–water partition coefficient (Wildman–Crippen LogP) is 2.14. The van der Waals surface area contributed by atoms with E-state index in [1.165, 1.54) is 0 Å². The Kier molecular flexibility index (Phi) is 3.35.